The lowest BCUT2D eigenvalue weighted by Gasteiger charge is -2.16. The van der Waals surface area contributed by atoms with E-state index in [0.717, 1.165) is 10.0 Å². The quantitative estimate of drug-likeness (QED) is 0.754. The van der Waals surface area contributed by atoms with Gasteiger partial charge in [0.05, 0.1) is 11.1 Å². The Morgan fingerprint density at radius 1 is 0.760 bits per heavy atom. The summed E-state index contributed by atoms with van der Waals surface area (Å²) in [4.78, 5) is 24.8. The number of ketones is 2. The third kappa shape index (κ3) is 3.32. The number of carbonyl (C=O) groups excluding carboxylic acids is 2. The highest BCUT2D eigenvalue weighted by Crippen LogP contribution is 2.30. The van der Waals surface area contributed by atoms with Crippen LogP contribution in [0.4, 0.5) is 0 Å². The molecule has 124 valence electrons. The minimum absolute atomic E-state index is 0.191. The summed E-state index contributed by atoms with van der Waals surface area (Å²) in [6.45, 7) is 0. The van der Waals surface area contributed by atoms with Crippen LogP contribution in [-0.2, 0) is 9.59 Å². The van der Waals surface area contributed by atoms with E-state index in [9.17, 15) is 19.8 Å². The highest BCUT2D eigenvalue weighted by molar-refractivity contribution is 9.10. The van der Waals surface area contributed by atoms with Crippen molar-refractivity contribution in [2.24, 2.45) is 0 Å². The van der Waals surface area contributed by atoms with Crippen molar-refractivity contribution in [3.05, 3.63) is 93.4 Å². The molecule has 0 bridgehead atoms. The van der Waals surface area contributed by atoms with Gasteiger partial charge < -0.3 is 10.2 Å². The molecular weight excluding hydrogens is 384 g/mol. The minimum atomic E-state index is -0.788. The van der Waals surface area contributed by atoms with E-state index in [2.05, 4.69) is 15.9 Å². The zero-order chi connectivity index (χ0) is 18.0. The number of Topliss-reactive ketones (excluding diaryl/α,β-unsaturated/α-hetero) is 2. The molecule has 3 rings (SSSR count). The largest absolute Gasteiger partial charge is 0.504 e. The second kappa shape index (κ2) is 6.91. The van der Waals surface area contributed by atoms with Gasteiger partial charge in [0, 0.05) is 4.47 Å². The van der Waals surface area contributed by atoms with E-state index in [1.165, 1.54) is 6.08 Å². The van der Waals surface area contributed by atoms with Crippen molar-refractivity contribution >= 4 is 39.1 Å². The van der Waals surface area contributed by atoms with E-state index in [1.807, 2.05) is 12.1 Å². The van der Waals surface area contributed by atoms with Crippen LogP contribution < -0.4 is 0 Å². The number of hydrogen-bond acceptors (Lipinski definition) is 4. The molecule has 0 unspecified atom stereocenters. The predicted molar refractivity (Wildman–Crippen MR) is 98.8 cm³/mol. The van der Waals surface area contributed by atoms with E-state index in [4.69, 9.17) is 0 Å². The van der Waals surface area contributed by atoms with Crippen molar-refractivity contribution in [2.75, 3.05) is 0 Å². The highest BCUT2D eigenvalue weighted by atomic mass is 79.9. The molecule has 0 atom stereocenters. The Kier molecular flexibility index (Phi) is 4.67. The second-order valence-electron chi connectivity index (χ2n) is 5.40. The summed E-state index contributed by atoms with van der Waals surface area (Å²) in [5.74, 6) is -2.90. The zero-order valence-electron chi connectivity index (χ0n) is 12.9. The number of aliphatic hydroxyl groups is 2. The van der Waals surface area contributed by atoms with Crippen molar-refractivity contribution in [2.45, 2.75) is 0 Å². The molecule has 1 aliphatic carbocycles. The third-order valence-electron chi connectivity index (χ3n) is 3.77. The Morgan fingerprint density at radius 2 is 1.40 bits per heavy atom. The molecule has 1 aliphatic rings. The first-order chi connectivity index (χ1) is 12.0. The minimum Gasteiger partial charge on any atom is -0.504 e. The normalized spacial score (nSPS) is 15.4. The Balaban J connectivity index is 1.98. The molecule has 5 heteroatoms. The van der Waals surface area contributed by atoms with Gasteiger partial charge in [-0.25, -0.2) is 0 Å². The van der Waals surface area contributed by atoms with E-state index in [-0.39, 0.29) is 11.1 Å². The molecule has 0 heterocycles. The maximum Gasteiger partial charge on any atom is 0.232 e. The van der Waals surface area contributed by atoms with E-state index in [1.54, 1.807) is 48.5 Å². The molecule has 2 aromatic carbocycles. The summed E-state index contributed by atoms with van der Waals surface area (Å²) in [7, 11) is 0. The van der Waals surface area contributed by atoms with Gasteiger partial charge >= 0.3 is 0 Å². The fraction of sp³-hybridized carbons (Fsp3) is 0. The molecule has 0 radical (unpaired) electrons. The molecule has 0 aliphatic heterocycles. The molecule has 0 saturated carbocycles. The van der Waals surface area contributed by atoms with E-state index < -0.39 is 23.1 Å². The summed E-state index contributed by atoms with van der Waals surface area (Å²) in [5.41, 5.74) is 0.732. The van der Waals surface area contributed by atoms with Crippen molar-refractivity contribution in [1.82, 2.24) is 0 Å². The van der Waals surface area contributed by atoms with Crippen LogP contribution in [0.25, 0.3) is 11.6 Å². The van der Waals surface area contributed by atoms with Gasteiger partial charge in [-0.05, 0) is 29.3 Å². The number of allylic oxidation sites excluding steroid dienone is 3. The van der Waals surface area contributed by atoms with Gasteiger partial charge in [-0.2, -0.15) is 0 Å². The Labute approximate surface area is 152 Å². The number of carbonyl (C=O) groups is 2. The topological polar surface area (TPSA) is 74.6 Å². The highest BCUT2D eigenvalue weighted by Gasteiger charge is 2.34. The predicted octanol–water partition coefficient (Wildman–Crippen LogP) is 4.40. The Morgan fingerprint density at radius 3 is 2.04 bits per heavy atom. The molecule has 0 amide bonds. The molecular formula is C20H13BrO4. The van der Waals surface area contributed by atoms with Crippen LogP contribution >= 0.6 is 15.9 Å². The SMILES string of the molecule is O=C1C(O)=C(c2ccccc2)C(=O)C(O)=C1/C=C/c1ccc(Br)cc1. The molecule has 0 fully saturated rings. The Hall–Kier alpha value is -2.92. The number of aliphatic hydroxyl groups excluding tert-OH is 2. The van der Waals surface area contributed by atoms with Crippen molar-refractivity contribution in [1.29, 1.82) is 0 Å². The molecule has 0 aromatic heterocycles. The van der Waals surface area contributed by atoms with Gasteiger partial charge in [-0.15, -0.1) is 0 Å². The Bertz CT molecular complexity index is 935. The summed E-state index contributed by atoms with van der Waals surface area (Å²) in [6.07, 6.45) is 2.92. The van der Waals surface area contributed by atoms with Gasteiger partial charge in [-0.3, -0.25) is 9.59 Å². The lowest BCUT2D eigenvalue weighted by Crippen LogP contribution is -2.22. The van der Waals surface area contributed by atoms with Crippen LogP contribution in [0.2, 0.25) is 0 Å². The van der Waals surface area contributed by atoms with Crippen LogP contribution in [0.1, 0.15) is 11.1 Å². The van der Waals surface area contributed by atoms with E-state index in [0.29, 0.717) is 5.56 Å². The van der Waals surface area contributed by atoms with Crippen molar-refractivity contribution in [3.63, 3.8) is 0 Å². The lowest BCUT2D eigenvalue weighted by molar-refractivity contribution is -0.118. The zero-order valence-corrected chi connectivity index (χ0v) is 14.5. The summed E-state index contributed by atoms with van der Waals surface area (Å²) in [6, 6.07) is 15.5. The molecule has 0 spiro atoms. The average Bonchev–Trinajstić information content (AvgIpc) is 2.63. The van der Waals surface area contributed by atoms with Crippen LogP contribution in [-0.4, -0.2) is 21.8 Å². The van der Waals surface area contributed by atoms with E-state index >= 15 is 0 Å². The van der Waals surface area contributed by atoms with Gasteiger partial charge in [0.25, 0.3) is 0 Å². The maximum absolute atomic E-state index is 12.4. The van der Waals surface area contributed by atoms with Gasteiger partial charge in [0.1, 0.15) is 0 Å². The summed E-state index contributed by atoms with van der Waals surface area (Å²) in [5, 5.41) is 20.4. The van der Waals surface area contributed by atoms with Crippen LogP contribution in [0.15, 0.2) is 82.2 Å². The second-order valence-corrected chi connectivity index (χ2v) is 6.31. The lowest BCUT2D eigenvalue weighted by atomic mass is 9.89. The molecule has 0 saturated heterocycles. The average molecular weight is 397 g/mol. The molecule has 4 nitrogen and oxygen atoms in total. The van der Waals surface area contributed by atoms with Gasteiger partial charge in [0.15, 0.2) is 11.5 Å². The van der Waals surface area contributed by atoms with Crippen LogP contribution in [0.5, 0.6) is 0 Å². The monoisotopic (exact) mass is 396 g/mol. The van der Waals surface area contributed by atoms with Crippen LogP contribution in [0, 0.1) is 0 Å². The maximum atomic E-state index is 12.4. The number of benzene rings is 2. The fourth-order valence-corrected chi connectivity index (χ4v) is 2.74. The first kappa shape index (κ1) is 16.9. The summed E-state index contributed by atoms with van der Waals surface area (Å²) >= 11 is 3.33. The fourth-order valence-electron chi connectivity index (χ4n) is 2.48. The smallest absolute Gasteiger partial charge is 0.232 e. The standard InChI is InChI=1S/C20H13BrO4/c21-14-9-6-12(7-10-14)8-11-15-17(22)19(24)16(20(25)18(15)23)13-4-2-1-3-5-13/h1-11,22,25H/b11-8+. The van der Waals surface area contributed by atoms with Crippen molar-refractivity contribution < 1.29 is 19.8 Å². The molecule has 2 aromatic rings. The van der Waals surface area contributed by atoms with Gasteiger partial charge in [0.2, 0.25) is 11.6 Å². The number of halogens is 1. The molecule has 2 N–H and O–H groups in total. The molecule has 25 heavy (non-hydrogen) atoms. The first-order valence-corrected chi connectivity index (χ1v) is 8.23. The van der Waals surface area contributed by atoms with Gasteiger partial charge in [-0.1, -0.05) is 64.5 Å². The third-order valence-corrected chi connectivity index (χ3v) is 4.30. The summed E-state index contributed by atoms with van der Waals surface area (Å²) < 4.78 is 0.906. The van der Waals surface area contributed by atoms with Crippen molar-refractivity contribution in [3.8, 4) is 0 Å². The van der Waals surface area contributed by atoms with Crippen LogP contribution in [0.3, 0.4) is 0 Å². The number of rotatable bonds is 3. The first-order valence-electron chi connectivity index (χ1n) is 7.44. The number of hydrogen-bond donors (Lipinski definition) is 2.